The first-order chi connectivity index (χ1) is 13.6. The van der Waals surface area contributed by atoms with E-state index in [0.717, 1.165) is 52.8 Å². The molecule has 0 aliphatic carbocycles. The second kappa shape index (κ2) is 8.02. The summed E-state index contributed by atoms with van der Waals surface area (Å²) in [5.41, 5.74) is 10.8. The van der Waals surface area contributed by atoms with Gasteiger partial charge in [0.2, 0.25) is 5.91 Å². The third-order valence-electron chi connectivity index (χ3n) is 4.90. The molecular weight excluding hydrogens is 370 g/mol. The highest BCUT2D eigenvalue weighted by atomic mass is 32.1. The van der Waals surface area contributed by atoms with E-state index < -0.39 is 0 Å². The number of nitrogens with two attached hydrogens (primary N) is 1. The number of carbonyl (C=O) groups excluding carboxylic acids is 1. The molecule has 0 saturated carbocycles. The number of rotatable bonds is 5. The molecule has 2 heterocycles. The summed E-state index contributed by atoms with van der Waals surface area (Å²) in [6.07, 6.45) is 2.14. The zero-order valence-corrected chi connectivity index (χ0v) is 16.7. The van der Waals surface area contributed by atoms with Crippen LogP contribution in [0.1, 0.15) is 28.2 Å². The van der Waals surface area contributed by atoms with E-state index in [1.54, 1.807) is 0 Å². The molecule has 0 saturated heterocycles. The molecule has 6 heteroatoms. The molecule has 0 atom stereocenters. The van der Waals surface area contributed by atoms with E-state index in [1.165, 1.54) is 16.9 Å². The lowest BCUT2D eigenvalue weighted by Crippen LogP contribution is -2.36. The molecule has 0 spiro atoms. The van der Waals surface area contributed by atoms with Gasteiger partial charge in [-0.1, -0.05) is 23.8 Å². The van der Waals surface area contributed by atoms with Gasteiger partial charge in [0.05, 0.1) is 12.1 Å². The fourth-order valence-corrected chi connectivity index (χ4v) is 4.14. The standard InChI is InChI=1S/C22H23N3O2S/c1-15-7-9-17(10-8-15)27-13-21-24-16(14-28-21)12-22(26)25-11-3-4-18-19(23)5-2-6-20(18)25/h2,5-10,14H,3-4,11-13,23H2,1H3. The van der Waals surface area contributed by atoms with E-state index >= 15 is 0 Å². The highest BCUT2D eigenvalue weighted by Gasteiger charge is 2.24. The minimum absolute atomic E-state index is 0.0582. The van der Waals surface area contributed by atoms with Gasteiger partial charge in [0.25, 0.3) is 0 Å². The topological polar surface area (TPSA) is 68.5 Å². The Bertz CT molecular complexity index is 982. The third-order valence-corrected chi connectivity index (χ3v) is 5.77. The second-order valence-electron chi connectivity index (χ2n) is 7.00. The Kier molecular flexibility index (Phi) is 5.30. The summed E-state index contributed by atoms with van der Waals surface area (Å²) >= 11 is 1.52. The highest BCUT2D eigenvalue weighted by molar-refractivity contribution is 7.09. The molecular formula is C22H23N3O2S. The van der Waals surface area contributed by atoms with Crippen molar-refractivity contribution in [2.24, 2.45) is 0 Å². The van der Waals surface area contributed by atoms with Crippen LogP contribution in [0, 0.1) is 6.92 Å². The number of fused-ring (bicyclic) bond motifs is 1. The van der Waals surface area contributed by atoms with Gasteiger partial charge in [0.1, 0.15) is 17.4 Å². The fourth-order valence-electron chi connectivity index (χ4n) is 3.44. The maximum Gasteiger partial charge on any atom is 0.233 e. The Morgan fingerprint density at radius 3 is 2.89 bits per heavy atom. The number of nitrogens with zero attached hydrogens (tertiary/aromatic N) is 2. The van der Waals surface area contributed by atoms with Crippen LogP contribution in [0.5, 0.6) is 5.75 Å². The van der Waals surface area contributed by atoms with Crippen LogP contribution in [0.2, 0.25) is 0 Å². The molecule has 3 aromatic rings. The SMILES string of the molecule is Cc1ccc(OCc2nc(CC(=O)N3CCCc4c(N)cccc43)cs2)cc1. The lowest BCUT2D eigenvalue weighted by molar-refractivity contribution is -0.118. The molecule has 144 valence electrons. The van der Waals surface area contributed by atoms with Crippen LogP contribution >= 0.6 is 11.3 Å². The molecule has 28 heavy (non-hydrogen) atoms. The molecule has 1 aliphatic rings. The lowest BCUT2D eigenvalue weighted by atomic mass is 9.99. The molecule has 1 aromatic heterocycles. The second-order valence-corrected chi connectivity index (χ2v) is 7.95. The first-order valence-corrected chi connectivity index (χ1v) is 10.3. The lowest BCUT2D eigenvalue weighted by Gasteiger charge is -2.30. The van der Waals surface area contributed by atoms with E-state index in [4.69, 9.17) is 10.5 Å². The quantitative estimate of drug-likeness (QED) is 0.662. The Balaban J connectivity index is 1.40. The van der Waals surface area contributed by atoms with Crippen molar-refractivity contribution in [3.05, 3.63) is 69.7 Å². The average molecular weight is 394 g/mol. The first-order valence-electron chi connectivity index (χ1n) is 9.40. The van der Waals surface area contributed by atoms with E-state index in [1.807, 2.05) is 59.7 Å². The van der Waals surface area contributed by atoms with Gasteiger partial charge >= 0.3 is 0 Å². The van der Waals surface area contributed by atoms with Crippen LogP contribution in [0.4, 0.5) is 11.4 Å². The number of aryl methyl sites for hydroxylation is 1. The molecule has 2 N–H and O–H groups in total. The van der Waals surface area contributed by atoms with Gasteiger partial charge in [-0.05, 0) is 49.6 Å². The van der Waals surface area contributed by atoms with Crippen molar-refractivity contribution in [2.75, 3.05) is 17.2 Å². The molecule has 0 radical (unpaired) electrons. The largest absolute Gasteiger partial charge is 0.486 e. The van der Waals surface area contributed by atoms with Gasteiger partial charge in [-0.15, -0.1) is 11.3 Å². The molecule has 1 aliphatic heterocycles. The van der Waals surface area contributed by atoms with Gasteiger partial charge in [-0.2, -0.15) is 0 Å². The maximum absolute atomic E-state index is 12.9. The van der Waals surface area contributed by atoms with Gasteiger partial charge in [0, 0.05) is 23.3 Å². The van der Waals surface area contributed by atoms with Gasteiger partial charge in [0.15, 0.2) is 0 Å². The summed E-state index contributed by atoms with van der Waals surface area (Å²) in [5, 5.41) is 2.81. The Hall–Kier alpha value is -2.86. The van der Waals surface area contributed by atoms with Crippen molar-refractivity contribution < 1.29 is 9.53 Å². The summed E-state index contributed by atoms with van der Waals surface area (Å²) in [4.78, 5) is 19.3. The van der Waals surface area contributed by atoms with Crippen LogP contribution in [0.15, 0.2) is 47.8 Å². The molecule has 0 fully saturated rings. The molecule has 0 unspecified atom stereocenters. The molecule has 5 nitrogen and oxygen atoms in total. The van der Waals surface area contributed by atoms with Crippen molar-refractivity contribution >= 4 is 28.6 Å². The van der Waals surface area contributed by atoms with Gasteiger partial charge in [-0.3, -0.25) is 4.79 Å². The Morgan fingerprint density at radius 1 is 1.25 bits per heavy atom. The van der Waals surface area contributed by atoms with Crippen LogP contribution in [-0.4, -0.2) is 17.4 Å². The van der Waals surface area contributed by atoms with Crippen molar-refractivity contribution in [1.29, 1.82) is 0 Å². The number of benzene rings is 2. The van der Waals surface area contributed by atoms with E-state index in [9.17, 15) is 4.79 Å². The predicted molar refractivity (Wildman–Crippen MR) is 113 cm³/mol. The minimum atomic E-state index is 0.0582. The molecule has 2 aromatic carbocycles. The number of nitrogen functional groups attached to an aromatic ring is 1. The van der Waals surface area contributed by atoms with Crippen LogP contribution in [-0.2, 0) is 24.2 Å². The highest BCUT2D eigenvalue weighted by Crippen LogP contribution is 2.31. The number of thiazole rings is 1. The van der Waals surface area contributed by atoms with Crippen molar-refractivity contribution in [2.45, 2.75) is 32.8 Å². The zero-order valence-electron chi connectivity index (χ0n) is 15.9. The maximum atomic E-state index is 12.9. The van der Waals surface area contributed by atoms with Crippen molar-refractivity contribution in [3.8, 4) is 5.75 Å². The van der Waals surface area contributed by atoms with Crippen molar-refractivity contribution in [1.82, 2.24) is 4.98 Å². The summed E-state index contributed by atoms with van der Waals surface area (Å²) in [6, 6.07) is 13.7. The van der Waals surface area contributed by atoms with Crippen molar-refractivity contribution in [3.63, 3.8) is 0 Å². The van der Waals surface area contributed by atoms with E-state index in [-0.39, 0.29) is 12.3 Å². The zero-order chi connectivity index (χ0) is 19.5. The molecule has 4 rings (SSSR count). The van der Waals surface area contributed by atoms with E-state index in [0.29, 0.717) is 6.61 Å². The Morgan fingerprint density at radius 2 is 2.07 bits per heavy atom. The number of anilines is 2. The number of ether oxygens (including phenoxy) is 1. The van der Waals surface area contributed by atoms with Crippen LogP contribution in [0.25, 0.3) is 0 Å². The first kappa shape index (κ1) is 18.5. The molecule has 0 bridgehead atoms. The summed E-state index contributed by atoms with van der Waals surface area (Å²) in [7, 11) is 0. The Labute approximate surface area is 168 Å². The number of aromatic nitrogens is 1. The fraction of sp³-hybridized carbons (Fsp3) is 0.273. The van der Waals surface area contributed by atoms with Crippen LogP contribution < -0.4 is 15.4 Å². The van der Waals surface area contributed by atoms with Gasteiger partial charge in [-0.25, -0.2) is 4.98 Å². The minimum Gasteiger partial charge on any atom is -0.486 e. The van der Waals surface area contributed by atoms with Crippen LogP contribution in [0.3, 0.4) is 0 Å². The van der Waals surface area contributed by atoms with E-state index in [2.05, 4.69) is 4.98 Å². The molecule has 1 amide bonds. The average Bonchev–Trinajstić information content (AvgIpc) is 3.15. The number of hydrogen-bond donors (Lipinski definition) is 1. The monoisotopic (exact) mass is 393 g/mol. The summed E-state index contributed by atoms with van der Waals surface area (Å²) < 4.78 is 5.78. The number of amides is 1. The summed E-state index contributed by atoms with van der Waals surface area (Å²) in [6.45, 7) is 3.18. The third kappa shape index (κ3) is 4.02. The summed E-state index contributed by atoms with van der Waals surface area (Å²) in [5.74, 6) is 0.879. The number of hydrogen-bond acceptors (Lipinski definition) is 5. The normalized spacial score (nSPS) is 13.2. The van der Waals surface area contributed by atoms with Gasteiger partial charge < -0.3 is 15.4 Å². The number of carbonyl (C=O) groups is 1. The smallest absolute Gasteiger partial charge is 0.233 e. The predicted octanol–water partition coefficient (Wildman–Crippen LogP) is 4.13.